The topological polar surface area (TPSA) is 85.4 Å². The zero-order chi connectivity index (χ0) is 20.9. The SMILES string of the molecule is C[C@H](Sc1ccccn1)C(=O)Nc1ccc(Oc2ccc(S(C)(=O)=O)cc2)cc1. The van der Waals surface area contributed by atoms with Crippen LogP contribution in [0.1, 0.15) is 6.92 Å². The molecule has 0 unspecified atom stereocenters. The van der Waals surface area contributed by atoms with Gasteiger partial charge in [0.1, 0.15) is 11.5 Å². The Morgan fingerprint density at radius 1 is 1.00 bits per heavy atom. The number of hydrogen-bond acceptors (Lipinski definition) is 6. The minimum absolute atomic E-state index is 0.120. The molecule has 1 amide bonds. The van der Waals surface area contributed by atoms with Gasteiger partial charge in [0.05, 0.1) is 15.2 Å². The summed E-state index contributed by atoms with van der Waals surface area (Å²) in [5.74, 6) is 0.978. The highest BCUT2D eigenvalue weighted by molar-refractivity contribution is 8.00. The van der Waals surface area contributed by atoms with E-state index in [0.717, 1.165) is 11.3 Å². The third-order valence-corrected chi connectivity index (χ3v) is 6.09. The zero-order valence-electron chi connectivity index (χ0n) is 15.9. The number of nitrogens with zero attached hydrogens (tertiary/aromatic N) is 1. The van der Waals surface area contributed by atoms with E-state index in [4.69, 9.17) is 4.74 Å². The molecular weight excluding hydrogens is 408 g/mol. The van der Waals surface area contributed by atoms with E-state index < -0.39 is 9.84 Å². The Morgan fingerprint density at radius 2 is 1.62 bits per heavy atom. The van der Waals surface area contributed by atoms with Crippen molar-refractivity contribution in [1.82, 2.24) is 4.98 Å². The van der Waals surface area contributed by atoms with E-state index in [1.807, 2.05) is 25.1 Å². The molecule has 3 aromatic rings. The van der Waals surface area contributed by atoms with Crippen molar-refractivity contribution in [2.45, 2.75) is 22.1 Å². The fourth-order valence-corrected chi connectivity index (χ4v) is 3.83. The van der Waals surface area contributed by atoms with Gasteiger partial charge in [-0.1, -0.05) is 17.8 Å². The normalized spacial score (nSPS) is 12.2. The van der Waals surface area contributed by atoms with Crippen molar-refractivity contribution in [1.29, 1.82) is 0 Å². The molecule has 1 atom stereocenters. The van der Waals surface area contributed by atoms with Gasteiger partial charge >= 0.3 is 0 Å². The van der Waals surface area contributed by atoms with Gasteiger partial charge in [-0.05, 0) is 67.6 Å². The maximum absolute atomic E-state index is 12.4. The second-order valence-corrected chi connectivity index (χ2v) is 9.66. The standard InChI is InChI=1S/C21H20N2O4S2/c1-15(28-20-5-3-4-14-22-20)21(24)23-16-6-8-17(9-7-16)27-18-10-12-19(13-11-18)29(2,25)26/h3-15H,1-2H3,(H,23,24)/t15-/m0/s1. The Hall–Kier alpha value is -2.84. The molecule has 29 heavy (non-hydrogen) atoms. The molecule has 1 heterocycles. The minimum atomic E-state index is -3.24. The summed E-state index contributed by atoms with van der Waals surface area (Å²) in [6.45, 7) is 1.83. The summed E-state index contributed by atoms with van der Waals surface area (Å²) in [5.41, 5.74) is 0.656. The number of hydrogen-bond donors (Lipinski definition) is 1. The van der Waals surface area contributed by atoms with E-state index in [1.165, 1.54) is 23.9 Å². The lowest BCUT2D eigenvalue weighted by atomic mass is 10.3. The molecule has 6 nitrogen and oxygen atoms in total. The van der Waals surface area contributed by atoms with Crippen LogP contribution in [-0.4, -0.2) is 30.8 Å². The van der Waals surface area contributed by atoms with Crippen molar-refractivity contribution in [3.63, 3.8) is 0 Å². The molecule has 0 saturated heterocycles. The van der Waals surface area contributed by atoms with Crippen LogP contribution in [0, 0.1) is 0 Å². The molecule has 0 bridgehead atoms. The summed E-state index contributed by atoms with van der Waals surface area (Å²) in [4.78, 5) is 16.8. The molecule has 0 aliphatic carbocycles. The first-order chi connectivity index (χ1) is 13.8. The summed E-state index contributed by atoms with van der Waals surface area (Å²) >= 11 is 1.39. The van der Waals surface area contributed by atoms with E-state index in [9.17, 15) is 13.2 Å². The molecule has 8 heteroatoms. The zero-order valence-corrected chi connectivity index (χ0v) is 17.5. The van der Waals surface area contributed by atoms with Crippen LogP contribution in [0.2, 0.25) is 0 Å². The van der Waals surface area contributed by atoms with E-state index in [0.29, 0.717) is 17.2 Å². The summed E-state index contributed by atoms with van der Waals surface area (Å²) < 4.78 is 28.7. The third kappa shape index (κ3) is 6.07. The molecule has 0 spiro atoms. The molecule has 0 saturated carbocycles. The van der Waals surface area contributed by atoms with Crippen LogP contribution in [0.5, 0.6) is 11.5 Å². The highest BCUT2D eigenvalue weighted by Gasteiger charge is 2.15. The number of benzene rings is 2. The number of carbonyl (C=O) groups is 1. The highest BCUT2D eigenvalue weighted by Crippen LogP contribution is 2.25. The van der Waals surface area contributed by atoms with E-state index in [2.05, 4.69) is 10.3 Å². The number of sulfone groups is 1. The van der Waals surface area contributed by atoms with Crippen molar-refractivity contribution in [2.75, 3.05) is 11.6 Å². The highest BCUT2D eigenvalue weighted by atomic mass is 32.2. The third-order valence-electron chi connectivity index (χ3n) is 3.91. The summed E-state index contributed by atoms with van der Waals surface area (Å²) in [5, 5.41) is 3.36. The number of anilines is 1. The van der Waals surface area contributed by atoms with Gasteiger partial charge in [0.15, 0.2) is 9.84 Å². The molecule has 0 fully saturated rings. The Bertz CT molecular complexity index is 1070. The Kier molecular flexibility index (Phi) is 6.56. The molecule has 1 aromatic heterocycles. The van der Waals surface area contributed by atoms with Crippen molar-refractivity contribution < 1.29 is 17.9 Å². The number of amides is 1. The first kappa shape index (κ1) is 20.9. The predicted octanol–water partition coefficient (Wildman–Crippen LogP) is 4.40. The quantitative estimate of drug-likeness (QED) is 0.562. The maximum Gasteiger partial charge on any atom is 0.237 e. The fourth-order valence-electron chi connectivity index (χ4n) is 2.39. The van der Waals surface area contributed by atoms with Gasteiger partial charge in [0.2, 0.25) is 5.91 Å². The maximum atomic E-state index is 12.4. The molecular formula is C21H20N2O4S2. The molecule has 0 radical (unpaired) electrons. The Morgan fingerprint density at radius 3 is 2.17 bits per heavy atom. The van der Waals surface area contributed by atoms with Crippen molar-refractivity contribution >= 4 is 33.2 Å². The largest absolute Gasteiger partial charge is 0.457 e. The molecule has 0 aliphatic rings. The number of rotatable bonds is 7. The van der Waals surface area contributed by atoms with Crippen LogP contribution in [0.15, 0.2) is 82.8 Å². The summed E-state index contributed by atoms with van der Waals surface area (Å²) in [6.07, 6.45) is 2.85. The van der Waals surface area contributed by atoms with E-state index >= 15 is 0 Å². The van der Waals surface area contributed by atoms with Gasteiger partial charge in [-0.15, -0.1) is 0 Å². The van der Waals surface area contributed by atoms with Crippen LogP contribution in [0.4, 0.5) is 5.69 Å². The van der Waals surface area contributed by atoms with E-state index in [1.54, 1.807) is 42.6 Å². The monoisotopic (exact) mass is 428 g/mol. The lowest BCUT2D eigenvalue weighted by Gasteiger charge is -2.12. The van der Waals surface area contributed by atoms with Gasteiger partial charge in [0, 0.05) is 18.1 Å². The lowest BCUT2D eigenvalue weighted by Crippen LogP contribution is -2.22. The van der Waals surface area contributed by atoms with E-state index in [-0.39, 0.29) is 16.1 Å². The minimum Gasteiger partial charge on any atom is -0.457 e. The number of thioether (sulfide) groups is 1. The predicted molar refractivity (Wildman–Crippen MR) is 114 cm³/mol. The Labute approximate surface area is 174 Å². The molecule has 1 N–H and O–H groups in total. The number of pyridine rings is 1. The molecule has 3 rings (SSSR count). The number of aromatic nitrogens is 1. The average molecular weight is 429 g/mol. The van der Waals surface area contributed by atoms with Crippen molar-refractivity contribution in [3.8, 4) is 11.5 Å². The first-order valence-corrected chi connectivity index (χ1v) is 11.5. The molecule has 150 valence electrons. The second kappa shape index (κ2) is 9.11. The van der Waals surface area contributed by atoms with Crippen LogP contribution in [0.25, 0.3) is 0 Å². The number of carbonyl (C=O) groups excluding carboxylic acids is 1. The molecule has 0 aliphatic heterocycles. The summed E-state index contributed by atoms with van der Waals surface area (Å²) in [7, 11) is -3.24. The van der Waals surface area contributed by atoms with Gasteiger partial charge in [-0.2, -0.15) is 0 Å². The van der Waals surface area contributed by atoms with Gasteiger partial charge < -0.3 is 10.1 Å². The van der Waals surface area contributed by atoms with Gasteiger partial charge in [-0.3, -0.25) is 4.79 Å². The number of ether oxygens (including phenoxy) is 1. The average Bonchev–Trinajstić information content (AvgIpc) is 2.70. The Balaban J connectivity index is 1.57. The van der Waals surface area contributed by atoms with Crippen LogP contribution >= 0.6 is 11.8 Å². The smallest absolute Gasteiger partial charge is 0.237 e. The number of nitrogens with one attached hydrogen (secondary N) is 1. The van der Waals surface area contributed by atoms with Crippen molar-refractivity contribution in [2.24, 2.45) is 0 Å². The van der Waals surface area contributed by atoms with Crippen LogP contribution in [-0.2, 0) is 14.6 Å². The lowest BCUT2D eigenvalue weighted by molar-refractivity contribution is -0.115. The van der Waals surface area contributed by atoms with Crippen LogP contribution < -0.4 is 10.1 Å². The van der Waals surface area contributed by atoms with Gasteiger partial charge in [0.25, 0.3) is 0 Å². The van der Waals surface area contributed by atoms with Crippen molar-refractivity contribution in [3.05, 3.63) is 72.9 Å². The molecule has 2 aromatic carbocycles. The van der Waals surface area contributed by atoms with Crippen LogP contribution in [0.3, 0.4) is 0 Å². The van der Waals surface area contributed by atoms with Gasteiger partial charge in [-0.25, -0.2) is 13.4 Å². The second-order valence-electron chi connectivity index (χ2n) is 6.29. The fraction of sp³-hybridized carbons (Fsp3) is 0.143. The first-order valence-electron chi connectivity index (χ1n) is 8.78. The summed E-state index contributed by atoms with van der Waals surface area (Å²) in [6, 6.07) is 18.7.